The predicted molar refractivity (Wildman–Crippen MR) is 121 cm³/mol. The molecule has 0 saturated carbocycles. The Bertz CT molecular complexity index is 1010. The SMILES string of the molecule is CC(=O)NCc1ccc(S(=O)(=O)N2CCN(c3cc(N4CCCCC4)ncn3)CC2)s1. The van der Waals surface area contributed by atoms with E-state index in [4.69, 9.17) is 0 Å². The number of sulfonamides is 1. The molecule has 1 N–H and O–H groups in total. The Morgan fingerprint density at radius 3 is 2.29 bits per heavy atom. The van der Waals surface area contributed by atoms with E-state index in [0.717, 1.165) is 29.6 Å². The first-order valence-corrected chi connectivity index (χ1v) is 12.8. The lowest BCUT2D eigenvalue weighted by Gasteiger charge is -2.35. The Morgan fingerprint density at radius 2 is 1.65 bits per heavy atom. The lowest BCUT2D eigenvalue weighted by molar-refractivity contribution is -0.119. The number of nitrogens with zero attached hydrogens (tertiary/aromatic N) is 5. The highest BCUT2D eigenvalue weighted by Gasteiger charge is 2.30. The van der Waals surface area contributed by atoms with Crippen LogP contribution in [-0.4, -0.2) is 67.9 Å². The molecule has 0 unspecified atom stereocenters. The Balaban J connectivity index is 1.38. The van der Waals surface area contributed by atoms with Crippen LogP contribution in [0.2, 0.25) is 0 Å². The first-order valence-electron chi connectivity index (χ1n) is 10.6. The van der Waals surface area contributed by atoms with E-state index in [1.54, 1.807) is 18.5 Å². The zero-order valence-corrected chi connectivity index (χ0v) is 19.3. The molecule has 2 aromatic rings. The number of carbonyl (C=O) groups is 1. The third kappa shape index (κ3) is 5.16. The molecule has 9 nitrogen and oxygen atoms in total. The second-order valence-corrected chi connectivity index (χ2v) is 11.1. The quantitative estimate of drug-likeness (QED) is 0.694. The van der Waals surface area contributed by atoms with Crippen molar-refractivity contribution in [3.05, 3.63) is 29.4 Å². The molecular weight excluding hydrogens is 436 g/mol. The van der Waals surface area contributed by atoms with Crippen molar-refractivity contribution in [3.8, 4) is 0 Å². The average Bonchev–Trinajstić information content (AvgIpc) is 3.29. The molecule has 4 rings (SSSR count). The van der Waals surface area contributed by atoms with Gasteiger partial charge in [0.1, 0.15) is 22.2 Å². The van der Waals surface area contributed by atoms with Crippen molar-refractivity contribution >= 4 is 38.9 Å². The number of carbonyl (C=O) groups excluding carboxylic acids is 1. The number of piperidine rings is 1. The standard InChI is InChI=1S/C20H28N6O3S2/c1-16(27)21-14-17-5-6-20(30-17)31(28,29)26-11-9-25(10-12-26)19-13-18(22-15-23-19)24-7-3-2-4-8-24/h5-6,13,15H,2-4,7-12,14H2,1H3,(H,21,27). The van der Waals surface area contributed by atoms with Gasteiger partial charge in [-0.1, -0.05) is 0 Å². The molecule has 2 aliphatic heterocycles. The summed E-state index contributed by atoms with van der Waals surface area (Å²) in [6.07, 6.45) is 5.24. The summed E-state index contributed by atoms with van der Waals surface area (Å²) in [7, 11) is -3.54. The van der Waals surface area contributed by atoms with Gasteiger partial charge in [0.15, 0.2) is 0 Å². The van der Waals surface area contributed by atoms with E-state index < -0.39 is 10.0 Å². The maximum Gasteiger partial charge on any atom is 0.252 e. The van der Waals surface area contributed by atoms with Gasteiger partial charge < -0.3 is 15.1 Å². The van der Waals surface area contributed by atoms with Crippen LogP contribution in [0.1, 0.15) is 31.1 Å². The summed E-state index contributed by atoms with van der Waals surface area (Å²) >= 11 is 1.21. The minimum atomic E-state index is -3.54. The highest BCUT2D eigenvalue weighted by Crippen LogP contribution is 2.27. The number of hydrogen-bond donors (Lipinski definition) is 1. The number of thiophene rings is 1. The van der Waals surface area contributed by atoms with E-state index in [9.17, 15) is 13.2 Å². The molecular formula is C20H28N6O3S2. The van der Waals surface area contributed by atoms with Gasteiger partial charge in [0.25, 0.3) is 10.0 Å². The molecule has 2 aromatic heterocycles. The van der Waals surface area contributed by atoms with Crippen LogP contribution < -0.4 is 15.1 Å². The molecule has 2 aliphatic rings. The highest BCUT2D eigenvalue weighted by molar-refractivity contribution is 7.91. The first-order chi connectivity index (χ1) is 14.9. The van der Waals surface area contributed by atoms with Gasteiger partial charge in [0.05, 0.1) is 6.54 Å². The fraction of sp³-hybridized carbons (Fsp3) is 0.550. The third-order valence-electron chi connectivity index (χ3n) is 5.62. The van der Waals surface area contributed by atoms with E-state index in [-0.39, 0.29) is 5.91 Å². The molecule has 0 aliphatic carbocycles. The van der Waals surface area contributed by atoms with E-state index in [0.29, 0.717) is 36.9 Å². The molecule has 11 heteroatoms. The number of anilines is 2. The van der Waals surface area contributed by atoms with Crippen molar-refractivity contribution in [2.45, 2.75) is 36.9 Å². The Kier molecular flexibility index (Phi) is 6.73. The van der Waals surface area contributed by atoms with Crippen LogP contribution in [0.4, 0.5) is 11.6 Å². The monoisotopic (exact) mass is 464 g/mol. The van der Waals surface area contributed by atoms with Gasteiger partial charge in [0, 0.05) is 57.1 Å². The van der Waals surface area contributed by atoms with E-state index in [1.165, 1.54) is 41.8 Å². The van der Waals surface area contributed by atoms with Gasteiger partial charge in [-0.05, 0) is 31.4 Å². The van der Waals surface area contributed by atoms with Crippen LogP contribution >= 0.6 is 11.3 Å². The minimum absolute atomic E-state index is 0.137. The number of amides is 1. The topological polar surface area (TPSA) is 98.7 Å². The molecule has 0 bridgehead atoms. The predicted octanol–water partition coefficient (Wildman–Crippen LogP) is 1.68. The van der Waals surface area contributed by atoms with Crippen LogP contribution in [-0.2, 0) is 21.4 Å². The molecule has 0 atom stereocenters. The number of piperazine rings is 1. The normalized spacial score (nSPS) is 18.2. The third-order valence-corrected chi connectivity index (χ3v) is 9.07. The molecule has 0 aromatic carbocycles. The fourth-order valence-electron chi connectivity index (χ4n) is 3.89. The molecule has 31 heavy (non-hydrogen) atoms. The largest absolute Gasteiger partial charge is 0.356 e. The Morgan fingerprint density at radius 1 is 1.00 bits per heavy atom. The number of hydrogen-bond acceptors (Lipinski definition) is 8. The van der Waals surface area contributed by atoms with Crippen molar-refractivity contribution in [3.63, 3.8) is 0 Å². The molecule has 2 fully saturated rings. The van der Waals surface area contributed by atoms with Crippen molar-refractivity contribution in [1.29, 1.82) is 0 Å². The van der Waals surface area contributed by atoms with Crippen molar-refractivity contribution in [2.75, 3.05) is 49.1 Å². The summed E-state index contributed by atoms with van der Waals surface area (Å²) < 4.78 is 27.9. The second-order valence-electron chi connectivity index (χ2n) is 7.80. The summed E-state index contributed by atoms with van der Waals surface area (Å²) in [6, 6.07) is 5.40. The lowest BCUT2D eigenvalue weighted by atomic mass is 10.1. The van der Waals surface area contributed by atoms with Crippen LogP contribution in [0.5, 0.6) is 0 Å². The lowest BCUT2D eigenvalue weighted by Crippen LogP contribution is -2.48. The number of aromatic nitrogens is 2. The van der Waals surface area contributed by atoms with E-state index in [1.807, 2.05) is 6.07 Å². The van der Waals surface area contributed by atoms with Gasteiger partial charge in [-0.15, -0.1) is 11.3 Å². The van der Waals surface area contributed by atoms with Crippen LogP contribution in [0.25, 0.3) is 0 Å². The smallest absolute Gasteiger partial charge is 0.252 e. The van der Waals surface area contributed by atoms with Crippen molar-refractivity contribution < 1.29 is 13.2 Å². The Hall–Kier alpha value is -2.24. The summed E-state index contributed by atoms with van der Waals surface area (Å²) in [4.78, 5) is 25.2. The van der Waals surface area contributed by atoms with Gasteiger partial charge >= 0.3 is 0 Å². The zero-order chi connectivity index (χ0) is 21.8. The molecule has 0 radical (unpaired) electrons. The summed E-state index contributed by atoms with van der Waals surface area (Å²) in [5, 5.41) is 2.70. The van der Waals surface area contributed by atoms with Gasteiger partial charge in [0.2, 0.25) is 5.91 Å². The second kappa shape index (κ2) is 9.49. The van der Waals surface area contributed by atoms with Crippen LogP contribution in [0, 0.1) is 0 Å². The minimum Gasteiger partial charge on any atom is -0.356 e. The first kappa shape index (κ1) is 22.0. The average molecular weight is 465 g/mol. The van der Waals surface area contributed by atoms with E-state index >= 15 is 0 Å². The summed E-state index contributed by atoms with van der Waals surface area (Å²) in [5.41, 5.74) is 0. The van der Waals surface area contributed by atoms with Crippen molar-refractivity contribution in [2.24, 2.45) is 0 Å². The highest BCUT2D eigenvalue weighted by atomic mass is 32.2. The molecule has 0 spiro atoms. The summed E-state index contributed by atoms with van der Waals surface area (Å²) in [6.45, 7) is 5.81. The number of rotatable bonds is 6. The molecule has 4 heterocycles. The molecule has 2 saturated heterocycles. The van der Waals surface area contributed by atoms with E-state index in [2.05, 4.69) is 25.1 Å². The van der Waals surface area contributed by atoms with Gasteiger partial charge in [-0.25, -0.2) is 18.4 Å². The maximum atomic E-state index is 13.0. The molecule has 1 amide bonds. The fourth-order valence-corrected chi connectivity index (χ4v) is 6.77. The maximum absolute atomic E-state index is 13.0. The molecule has 168 valence electrons. The number of nitrogens with one attached hydrogen (secondary N) is 1. The van der Waals surface area contributed by atoms with Crippen LogP contribution in [0.15, 0.2) is 28.7 Å². The van der Waals surface area contributed by atoms with Crippen LogP contribution in [0.3, 0.4) is 0 Å². The summed E-state index contributed by atoms with van der Waals surface area (Å²) in [5.74, 6) is 1.66. The zero-order valence-electron chi connectivity index (χ0n) is 17.7. The Labute approximate surface area is 187 Å². The van der Waals surface area contributed by atoms with Gasteiger partial charge in [-0.2, -0.15) is 4.31 Å². The van der Waals surface area contributed by atoms with Gasteiger partial charge in [-0.3, -0.25) is 4.79 Å². The van der Waals surface area contributed by atoms with Crippen molar-refractivity contribution in [1.82, 2.24) is 19.6 Å².